The SMILES string of the molecule is CCC[C@H]1CC(C(=O)NC(C(C)Cl)C2O[C@H](SC)C(O)[C@H](O)[C@H]2O)N(C)C1.Cl. The lowest BCUT2D eigenvalue weighted by atomic mass is 9.92. The highest BCUT2D eigenvalue weighted by Crippen LogP contribution is 2.31. The molecule has 0 spiro atoms. The summed E-state index contributed by atoms with van der Waals surface area (Å²) in [6.45, 7) is 4.74. The maximum atomic E-state index is 12.9. The van der Waals surface area contributed by atoms with Gasteiger partial charge in [-0.05, 0) is 39.0 Å². The van der Waals surface area contributed by atoms with Crippen molar-refractivity contribution in [1.29, 1.82) is 0 Å². The molecule has 2 aliphatic heterocycles. The number of aliphatic hydroxyl groups excluding tert-OH is 3. The van der Waals surface area contributed by atoms with Gasteiger partial charge in [-0.1, -0.05) is 13.3 Å². The van der Waals surface area contributed by atoms with Crippen LogP contribution in [0.1, 0.15) is 33.1 Å². The van der Waals surface area contributed by atoms with Crippen LogP contribution in [0.5, 0.6) is 0 Å². The third-order valence-electron chi connectivity index (χ3n) is 5.63. The van der Waals surface area contributed by atoms with Gasteiger partial charge in [0.05, 0.1) is 17.5 Å². The molecule has 2 saturated heterocycles. The highest BCUT2D eigenvalue weighted by Gasteiger charge is 2.48. The molecule has 5 unspecified atom stereocenters. The third kappa shape index (κ3) is 5.88. The van der Waals surface area contributed by atoms with Gasteiger partial charge in [0.2, 0.25) is 5.91 Å². The quantitative estimate of drug-likeness (QED) is 0.416. The minimum Gasteiger partial charge on any atom is -0.388 e. The Kier molecular flexibility index (Phi) is 10.8. The number of likely N-dealkylation sites (N-methyl/N-ethyl adjacent to an activating group) is 1. The molecule has 9 atom stereocenters. The van der Waals surface area contributed by atoms with Gasteiger partial charge >= 0.3 is 0 Å². The van der Waals surface area contributed by atoms with E-state index in [-0.39, 0.29) is 24.4 Å². The fourth-order valence-electron chi connectivity index (χ4n) is 4.11. The normalized spacial score (nSPS) is 38.5. The van der Waals surface area contributed by atoms with Crippen molar-refractivity contribution < 1.29 is 24.9 Å². The lowest BCUT2D eigenvalue weighted by Gasteiger charge is -2.44. The minimum absolute atomic E-state index is 0. The Labute approximate surface area is 182 Å². The maximum absolute atomic E-state index is 12.9. The molecule has 0 aromatic heterocycles. The Hall–Kier alpha value is 0.200. The van der Waals surface area contributed by atoms with Crippen LogP contribution in [0.25, 0.3) is 0 Å². The van der Waals surface area contributed by atoms with E-state index in [0.717, 1.165) is 25.8 Å². The number of halogens is 2. The van der Waals surface area contributed by atoms with Crippen LogP contribution in [-0.2, 0) is 9.53 Å². The van der Waals surface area contributed by atoms with Crippen molar-refractivity contribution in [3.8, 4) is 0 Å². The zero-order valence-electron chi connectivity index (χ0n) is 16.8. The number of thioether (sulfide) groups is 1. The molecule has 0 bridgehead atoms. The van der Waals surface area contributed by atoms with E-state index < -0.39 is 41.3 Å². The first kappa shape index (κ1) is 26.2. The summed E-state index contributed by atoms with van der Waals surface area (Å²) in [7, 11) is 1.94. The lowest BCUT2D eigenvalue weighted by Crippen LogP contribution is -2.65. The third-order valence-corrected chi connectivity index (χ3v) is 6.76. The average Bonchev–Trinajstić information content (AvgIpc) is 2.99. The summed E-state index contributed by atoms with van der Waals surface area (Å²) in [6, 6.07) is -0.934. The predicted octanol–water partition coefficient (Wildman–Crippen LogP) is 0.811. The number of hydrogen-bond donors (Lipinski definition) is 4. The number of hydrogen-bond acceptors (Lipinski definition) is 7. The van der Waals surface area contributed by atoms with Crippen molar-refractivity contribution in [3.63, 3.8) is 0 Å². The molecule has 0 aliphatic carbocycles. The van der Waals surface area contributed by atoms with E-state index in [1.807, 2.05) is 11.9 Å². The van der Waals surface area contributed by atoms with Gasteiger partial charge < -0.3 is 25.4 Å². The number of alkyl halides is 1. The van der Waals surface area contributed by atoms with E-state index in [1.165, 1.54) is 11.8 Å². The van der Waals surface area contributed by atoms with Crippen LogP contribution in [-0.4, -0.2) is 93.3 Å². The summed E-state index contributed by atoms with van der Waals surface area (Å²) >= 11 is 7.55. The Balaban J connectivity index is 0.00000392. The maximum Gasteiger partial charge on any atom is 0.237 e. The Bertz CT molecular complexity index is 503. The monoisotopic (exact) mass is 460 g/mol. The van der Waals surface area contributed by atoms with E-state index in [0.29, 0.717) is 5.92 Å². The molecule has 0 saturated carbocycles. The van der Waals surface area contributed by atoms with Crippen molar-refractivity contribution >= 4 is 41.7 Å². The van der Waals surface area contributed by atoms with Crippen LogP contribution in [0.2, 0.25) is 0 Å². The van der Waals surface area contributed by atoms with Crippen molar-refractivity contribution in [2.24, 2.45) is 5.92 Å². The molecule has 0 aromatic rings. The van der Waals surface area contributed by atoms with Crippen LogP contribution >= 0.6 is 35.8 Å². The summed E-state index contributed by atoms with van der Waals surface area (Å²) in [5, 5.41) is 33.0. The smallest absolute Gasteiger partial charge is 0.237 e. The molecule has 2 rings (SSSR count). The molecule has 4 N–H and O–H groups in total. The molecule has 10 heteroatoms. The average molecular weight is 461 g/mol. The van der Waals surface area contributed by atoms with E-state index in [1.54, 1.807) is 13.2 Å². The minimum atomic E-state index is -1.36. The Morgan fingerprint density at radius 1 is 1.32 bits per heavy atom. The number of amides is 1. The van der Waals surface area contributed by atoms with Crippen molar-refractivity contribution in [2.75, 3.05) is 19.8 Å². The van der Waals surface area contributed by atoms with Gasteiger partial charge in [0.15, 0.2) is 0 Å². The number of rotatable bonds is 7. The summed E-state index contributed by atoms with van der Waals surface area (Å²) in [5.74, 6) is 0.350. The standard InChI is InChI=1S/C18H33ClN2O5S.ClH/c1-5-6-10-7-11(21(3)8-10)17(25)20-12(9(2)19)16-14(23)13(22)15(24)18(26-16)27-4;/h9-16,18,22-24H,5-8H2,1-4H3,(H,20,25);1H/t9?,10-,11?,12?,13+,14+,15?,16?,18+;/m0./s1. The second-order valence-electron chi connectivity index (χ2n) is 7.73. The van der Waals surface area contributed by atoms with Gasteiger partial charge in [-0.25, -0.2) is 0 Å². The molecule has 2 heterocycles. The van der Waals surface area contributed by atoms with Gasteiger partial charge in [0.25, 0.3) is 0 Å². The summed E-state index contributed by atoms with van der Waals surface area (Å²) in [6.07, 6.45) is -0.0980. The van der Waals surface area contributed by atoms with E-state index >= 15 is 0 Å². The van der Waals surface area contributed by atoms with E-state index in [4.69, 9.17) is 16.3 Å². The topological polar surface area (TPSA) is 102 Å². The molecule has 7 nitrogen and oxygen atoms in total. The second kappa shape index (κ2) is 11.6. The fraction of sp³-hybridized carbons (Fsp3) is 0.944. The highest BCUT2D eigenvalue weighted by atomic mass is 35.5. The highest BCUT2D eigenvalue weighted by molar-refractivity contribution is 7.99. The molecule has 0 aromatic carbocycles. The van der Waals surface area contributed by atoms with E-state index in [2.05, 4.69) is 12.2 Å². The Morgan fingerprint density at radius 3 is 2.50 bits per heavy atom. The van der Waals surface area contributed by atoms with Gasteiger partial charge in [-0.15, -0.1) is 35.8 Å². The second-order valence-corrected chi connectivity index (χ2v) is 9.36. The van der Waals surface area contributed by atoms with Crippen molar-refractivity contribution in [1.82, 2.24) is 10.2 Å². The number of aliphatic hydroxyl groups is 3. The Morgan fingerprint density at radius 2 is 1.96 bits per heavy atom. The van der Waals surface area contributed by atoms with Gasteiger partial charge in [0, 0.05) is 6.54 Å². The number of carbonyl (C=O) groups excluding carboxylic acids is 1. The van der Waals surface area contributed by atoms with Crippen LogP contribution in [0.3, 0.4) is 0 Å². The molecule has 0 radical (unpaired) electrons. The molecule has 166 valence electrons. The fourth-order valence-corrected chi connectivity index (χ4v) is 5.00. The summed E-state index contributed by atoms with van der Waals surface area (Å²) in [5.41, 5.74) is -0.702. The van der Waals surface area contributed by atoms with Gasteiger partial charge in [0.1, 0.15) is 29.9 Å². The number of likely N-dealkylation sites (tertiary alicyclic amines) is 1. The van der Waals surface area contributed by atoms with Crippen LogP contribution in [0.4, 0.5) is 0 Å². The van der Waals surface area contributed by atoms with Gasteiger partial charge in [-0.2, -0.15) is 0 Å². The number of nitrogens with zero attached hydrogens (tertiary/aromatic N) is 1. The summed E-state index contributed by atoms with van der Waals surface area (Å²) in [4.78, 5) is 14.9. The molecule has 28 heavy (non-hydrogen) atoms. The first-order chi connectivity index (χ1) is 12.7. The van der Waals surface area contributed by atoms with Crippen LogP contribution in [0, 0.1) is 5.92 Å². The molecular weight excluding hydrogens is 427 g/mol. The zero-order chi connectivity index (χ0) is 20.3. The van der Waals surface area contributed by atoms with E-state index in [9.17, 15) is 20.1 Å². The number of nitrogens with one attached hydrogen (secondary N) is 1. The van der Waals surface area contributed by atoms with Crippen molar-refractivity contribution in [3.05, 3.63) is 0 Å². The first-order valence-corrected chi connectivity index (χ1v) is 11.3. The van der Waals surface area contributed by atoms with Gasteiger partial charge in [-0.3, -0.25) is 9.69 Å². The molecular formula is C18H34Cl2N2O5S. The van der Waals surface area contributed by atoms with Crippen molar-refractivity contribution in [2.45, 2.75) is 80.4 Å². The van der Waals surface area contributed by atoms with Crippen LogP contribution < -0.4 is 5.32 Å². The number of ether oxygens (including phenoxy) is 1. The molecule has 1 amide bonds. The first-order valence-electron chi connectivity index (χ1n) is 9.58. The lowest BCUT2D eigenvalue weighted by molar-refractivity contribution is -0.205. The summed E-state index contributed by atoms with van der Waals surface area (Å²) < 4.78 is 5.79. The largest absolute Gasteiger partial charge is 0.388 e. The number of carbonyl (C=O) groups is 1. The zero-order valence-corrected chi connectivity index (χ0v) is 19.2. The molecule has 2 fully saturated rings. The predicted molar refractivity (Wildman–Crippen MR) is 114 cm³/mol. The molecule has 2 aliphatic rings. The van der Waals surface area contributed by atoms with Crippen LogP contribution in [0.15, 0.2) is 0 Å².